The Labute approximate surface area is 153 Å². The van der Waals surface area contributed by atoms with Crippen LogP contribution in [0.25, 0.3) is 5.78 Å². The fourth-order valence-electron chi connectivity index (χ4n) is 3.21. The Kier molecular flexibility index (Phi) is 5.02. The van der Waals surface area contributed by atoms with Gasteiger partial charge < -0.3 is 4.90 Å². The van der Waals surface area contributed by atoms with Crippen molar-refractivity contribution in [2.24, 2.45) is 0 Å². The summed E-state index contributed by atoms with van der Waals surface area (Å²) in [6.45, 7) is 8.07. The van der Waals surface area contributed by atoms with Crippen molar-refractivity contribution in [1.82, 2.24) is 24.5 Å². The first-order valence-electron chi connectivity index (χ1n) is 8.86. The van der Waals surface area contributed by atoms with Gasteiger partial charge >= 0.3 is 0 Å². The van der Waals surface area contributed by atoms with Crippen LogP contribution in [-0.4, -0.2) is 37.4 Å². The summed E-state index contributed by atoms with van der Waals surface area (Å²) >= 11 is 0. The Morgan fingerprint density at radius 1 is 1.19 bits per heavy atom. The predicted molar refractivity (Wildman–Crippen MR) is 101 cm³/mol. The summed E-state index contributed by atoms with van der Waals surface area (Å²) in [6, 6.07) is 8.37. The van der Waals surface area contributed by atoms with Crippen LogP contribution in [0.1, 0.15) is 47.5 Å². The number of hydrogen-bond acceptors (Lipinski definition) is 4. The molecule has 0 N–H and O–H groups in total. The minimum absolute atomic E-state index is 0.0428. The molecule has 2 heterocycles. The van der Waals surface area contributed by atoms with Crippen LogP contribution in [0.3, 0.4) is 0 Å². The maximum Gasteiger partial charge on any atom is 0.252 e. The Morgan fingerprint density at radius 3 is 2.58 bits per heavy atom. The van der Waals surface area contributed by atoms with Crippen LogP contribution in [0, 0.1) is 20.8 Å². The highest BCUT2D eigenvalue weighted by Crippen LogP contribution is 2.21. The Balaban J connectivity index is 1.71. The molecule has 0 aliphatic carbocycles. The molecule has 0 aliphatic heterocycles. The highest BCUT2D eigenvalue weighted by atomic mass is 16.2. The molecule has 1 amide bonds. The van der Waals surface area contributed by atoms with Gasteiger partial charge in [0.2, 0.25) is 5.91 Å². The number of fused-ring (bicyclic) bond motifs is 1. The lowest BCUT2D eigenvalue weighted by Gasteiger charge is -2.26. The number of carbonyl (C=O) groups excluding carboxylic acids is 1. The number of amides is 1. The standard InChI is InChI=1S/C20H25N5O/c1-13-6-8-17(9-7-13)15(3)24(5)19(26)11-10-18-14(2)23-20-21-12-22-25(20)16(18)4/h6-9,12,15H,10-11H2,1-5H3. The Hall–Kier alpha value is -2.76. The van der Waals surface area contributed by atoms with Crippen molar-refractivity contribution in [2.75, 3.05) is 7.05 Å². The topological polar surface area (TPSA) is 63.4 Å². The summed E-state index contributed by atoms with van der Waals surface area (Å²) in [5.74, 6) is 0.718. The van der Waals surface area contributed by atoms with E-state index < -0.39 is 0 Å². The third kappa shape index (κ3) is 3.45. The van der Waals surface area contributed by atoms with Crippen LogP contribution >= 0.6 is 0 Å². The first-order chi connectivity index (χ1) is 12.4. The fourth-order valence-corrected chi connectivity index (χ4v) is 3.21. The van der Waals surface area contributed by atoms with Crippen molar-refractivity contribution in [3.63, 3.8) is 0 Å². The van der Waals surface area contributed by atoms with Gasteiger partial charge in [0.15, 0.2) is 0 Å². The molecule has 0 fully saturated rings. The monoisotopic (exact) mass is 351 g/mol. The number of hydrogen-bond donors (Lipinski definition) is 0. The second-order valence-electron chi connectivity index (χ2n) is 6.82. The van der Waals surface area contributed by atoms with E-state index in [2.05, 4.69) is 53.2 Å². The number of nitrogens with zero attached hydrogens (tertiary/aromatic N) is 5. The van der Waals surface area contributed by atoms with E-state index in [9.17, 15) is 4.79 Å². The lowest BCUT2D eigenvalue weighted by atomic mass is 10.0. The summed E-state index contributed by atoms with van der Waals surface area (Å²) in [4.78, 5) is 23.1. The molecule has 26 heavy (non-hydrogen) atoms. The number of rotatable bonds is 5. The molecular weight excluding hydrogens is 326 g/mol. The molecule has 1 atom stereocenters. The van der Waals surface area contributed by atoms with E-state index in [0.29, 0.717) is 18.6 Å². The van der Waals surface area contributed by atoms with Crippen LogP contribution in [0.2, 0.25) is 0 Å². The molecule has 0 spiro atoms. The second kappa shape index (κ2) is 7.23. The zero-order valence-corrected chi connectivity index (χ0v) is 16.0. The molecule has 0 radical (unpaired) electrons. The van der Waals surface area contributed by atoms with Gasteiger partial charge in [-0.1, -0.05) is 29.8 Å². The van der Waals surface area contributed by atoms with Gasteiger partial charge in [-0.3, -0.25) is 4.79 Å². The van der Waals surface area contributed by atoms with Crippen LogP contribution < -0.4 is 0 Å². The first-order valence-corrected chi connectivity index (χ1v) is 8.86. The first kappa shape index (κ1) is 18.0. The van der Waals surface area contributed by atoms with E-state index in [4.69, 9.17) is 0 Å². The molecule has 3 rings (SSSR count). The van der Waals surface area contributed by atoms with Crippen LogP contribution in [-0.2, 0) is 11.2 Å². The van der Waals surface area contributed by atoms with Crippen molar-refractivity contribution in [3.8, 4) is 0 Å². The van der Waals surface area contributed by atoms with Gasteiger partial charge in [-0.25, -0.2) is 9.50 Å². The van der Waals surface area contributed by atoms with E-state index >= 15 is 0 Å². The van der Waals surface area contributed by atoms with Crippen molar-refractivity contribution in [1.29, 1.82) is 0 Å². The molecule has 2 aromatic heterocycles. The summed E-state index contributed by atoms with van der Waals surface area (Å²) < 4.78 is 1.73. The van der Waals surface area contributed by atoms with E-state index in [1.807, 2.05) is 25.8 Å². The molecule has 0 bridgehead atoms. The fraction of sp³-hybridized carbons (Fsp3) is 0.400. The van der Waals surface area contributed by atoms with Crippen molar-refractivity contribution in [2.45, 2.75) is 46.6 Å². The van der Waals surface area contributed by atoms with Gasteiger partial charge in [0.25, 0.3) is 5.78 Å². The molecule has 6 heteroatoms. The van der Waals surface area contributed by atoms with Gasteiger partial charge in [-0.05, 0) is 45.2 Å². The lowest BCUT2D eigenvalue weighted by molar-refractivity contribution is -0.131. The largest absolute Gasteiger partial charge is 0.339 e. The molecule has 3 aromatic rings. The minimum Gasteiger partial charge on any atom is -0.339 e. The maximum atomic E-state index is 12.7. The molecule has 0 saturated heterocycles. The highest BCUT2D eigenvalue weighted by molar-refractivity contribution is 5.76. The summed E-state index contributed by atoms with van der Waals surface area (Å²) in [5, 5.41) is 4.20. The van der Waals surface area contributed by atoms with Crippen LogP contribution in [0.15, 0.2) is 30.6 Å². The predicted octanol–water partition coefficient (Wildman–Crippen LogP) is 3.20. The quantitative estimate of drug-likeness (QED) is 0.708. The van der Waals surface area contributed by atoms with Gasteiger partial charge in [0, 0.05) is 24.9 Å². The number of benzene rings is 1. The Bertz CT molecular complexity index is 929. The van der Waals surface area contributed by atoms with E-state index in [1.54, 1.807) is 4.52 Å². The van der Waals surface area contributed by atoms with E-state index in [-0.39, 0.29) is 11.9 Å². The molecular formula is C20H25N5O. The van der Waals surface area contributed by atoms with Gasteiger partial charge in [0.05, 0.1) is 6.04 Å². The average molecular weight is 351 g/mol. The zero-order valence-electron chi connectivity index (χ0n) is 16.0. The number of aromatic nitrogens is 4. The van der Waals surface area contributed by atoms with Gasteiger partial charge in [0.1, 0.15) is 6.33 Å². The summed E-state index contributed by atoms with van der Waals surface area (Å²) in [6.07, 6.45) is 2.58. The second-order valence-corrected chi connectivity index (χ2v) is 6.82. The lowest BCUT2D eigenvalue weighted by Crippen LogP contribution is -2.30. The van der Waals surface area contributed by atoms with Gasteiger partial charge in [-0.2, -0.15) is 10.1 Å². The SMILES string of the molecule is Cc1ccc(C(C)N(C)C(=O)CCc2c(C)nc3ncnn3c2C)cc1. The number of aryl methyl sites for hydroxylation is 3. The van der Waals surface area contributed by atoms with E-state index in [0.717, 1.165) is 22.5 Å². The normalized spacial score (nSPS) is 12.3. The van der Waals surface area contributed by atoms with Crippen LogP contribution in [0.5, 0.6) is 0 Å². The summed E-state index contributed by atoms with van der Waals surface area (Å²) in [5.41, 5.74) is 5.33. The third-order valence-electron chi connectivity index (χ3n) is 5.11. The smallest absolute Gasteiger partial charge is 0.252 e. The molecule has 0 aliphatic rings. The van der Waals surface area contributed by atoms with Crippen molar-refractivity contribution >= 4 is 11.7 Å². The third-order valence-corrected chi connectivity index (χ3v) is 5.11. The maximum absolute atomic E-state index is 12.7. The van der Waals surface area contributed by atoms with Crippen LogP contribution in [0.4, 0.5) is 0 Å². The summed E-state index contributed by atoms with van der Waals surface area (Å²) in [7, 11) is 1.87. The molecule has 0 saturated carbocycles. The molecule has 1 unspecified atom stereocenters. The van der Waals surface area contributed by atoms with Crippen molar-refractivity contribution < 1.29 is 4.79 Å². The Morgan fingerprint density at radius 2 is 1.88 bits per heavy atom. The van der Waals surface area contributed by atoms with Crippen molar-refractivity contribution in [3.05, 3.63) is 58.7 Å². The minimum atomic E-state index is 0.0428. The van der Waals surface area contributed by atoms with E-state index in [1.165, 1.54) is 11.9 Å². The highest BCUT2D eigenvalue weighted by Gasteiger charge is 2.19. The van der Waals surface area contributed by atoms with Gasteiger partial charge in [-0.15, -0.1) is 0 Å². The molecule has 6 nitrogen and oxygen atoms in total. The molecule has 1 aromatic carbocycles. The number of carbonyl (C=O) groups is 1. The average Bonchev–Trinajstić information content (AvgIpc) is 3.09. The zero-order chi connectivity index (χ0) is 18.8. The molecule has 136 valence electrons.